The molecular formula is C23H21N5OS. The zero-order valence-corrected chi connectivity index (χ0v) is 17.3. The van der Waals surface area contributed by atoms with E-state index in [-0.39, 0.29) is 17.7 Å². The molecule has 4 aromatic rings. The van der Waals surface area contributed by atoms with Gasteiger partial charge in [-0.25, -0.2) is 0 Å². The highest BCUT2D eigenvalue weighted by molar-refractivity contribution is 7.99. The number of para-hydroxylation sites is 1. The SMILES string of the molecule is C[C@H](NC(=O)CSc1nnnn1-c1ccccc1)c1ccc(-c2ccccc2)cc1. The van der Waals surface area contributed by atoms with Crippen LogP contribution >= 0.6 is 11.8 Å². The molecule has 0 radical (unpaired) electrons. The van der Waals surface area contributed by atoms with Crippen LogP contribution in [0, 0.1) is 0 Å². The summed E-state index contributed by atoms with van der Waals surface area (Å²) in [6.45, 7) is 1.98. The van der Waals surface area contributed by atoms with Crippen molar-refractivity contribution in [2.75, 3.05) is 5.75 Å². The maximum absolute atomic E-state index is 12.4. The van der Waals surface area contributed by atoms with E-state index in [1.54, 1.807) is 4.68 Å². The summed E-state index contributed by atoms with van der Waals surface area (Å²) in [5.41, 5.74) is 4.24. The van der Waals surface area contributed by atoms with Crippen LogP contribution in [0.25, 0.3) is 16.8 Å². The predicted octanol–water partition coefficient (Wildman–Crippen LogP) is 4.30. The van der Waals surface area contributed by atoms with Crippen molar-refractivity contribution in [1.82, 2.24) is 25.5 Å². The lowest BCUT2D eigenvalue weighted by Crippen LogP contribution is -2.28. The fourth-order valence-electron chi connectivity index (χ4n) is 3.09. The van der Waals surface area contributed by atoms with Crippen molar-refractivity contribution in [2.24, 2.45) is 0 Å². The van der Waals surface area contributed by atoms with E-state index in [1.165, 1.54) is 17.3 Å². The minimum Gasteiger partial charge on any atom is -0.349 e. The molecule has 30 heavy (non-hydrogen) atoms. The Labute approximate surface area is 179 Å². The number of thioether (sulfide) groups is 1. The molecule has 6 nitrogen and oxygen atoms in total. The number of rotatable bonds is 7. The van der Waals surface area contributed by atoms with Gasteiger partial charge in [-0.3, -0.25) is 4.79 Å². The lowest BCUT2D eigenvalue weighted by Gasteiger charge is -2.15. The lowest BCUT2D eigenvalue weighted by molar-refractivity contribution is -0.119. The van der Waals surface area contributed by atoms with Crippen molar-refractivity contribution in [2.45, 2.75) is 18.1 Å². The van der Waals surface area contributed by atoms with Crippen molar-refractivity contribution in [3.63, 3.8) is 0 Å². The van der Waals surface area contributed by atoms with Gasteiger partial charge in [-0.05, 0) is 46.2 Å². The highest BCUT2D eigenvalue weighted by Gasteiger charge is 2.14. The summed E-state index contributed by atoms with van der Waals surface area (Å²) in [6, 6.07) is 28.0. The first-order valence-electron chi connectivity index (χ1n) is 9.62. The van der Waals surface area contributed by atoms with Gasteiger partial charge in [0.2, 0.25) is 11.1 Å². The lowest BCUT2D eigenvalue weighted by atomic mass is 10.0. The third kappa shape index (κ3) is 4.75. The first kappa shape index (κ1) is 19.8. The minimum absolute atomic E-state index is 0.0674. The molecule has 0 aliphatic carbocycles. The standard InChI is InChI=1S/C23H21N5OS/c1-17(18-12-14-20(15-13-18)19-8-4-2-5-9-19)24-22(29)16-30-23-25-26-27-28(23)21-10-6-3-7-11-21/h2-15,17H,16H2,1H3,(H,24,29)/t17-/m0/s1. The van der Waals surface area contributed by atoms with Gasteiger partial charge in [-0.2, -0.15) is 4.68 Å². The molecule has 0 saturated carbocycles. The van der Waals surface area contributed by atoms with Gasteiger partial charge in [-0.1, -0.05) is 84.6 Å². The first-order chi connectivity index (χ1) is 14.7. The number of nitrogens with zero attached hydrogens (tertiary/aromatic N) is 4. The Morgan fingerprint density at radius 1 is 0.933 bits per heavy atom. The number of amides is 1. The Kier molecular flexibility index (Phi) is 6.20. The normalized spacial score (nSPS) is 11.8. The fourth-order valence-corrected chi connectivity index (χ4v) is 3.79. The molecule has 0 spiro atoms. The van der Waals surface area contributed by atoms with Crippen LogP contribution in [-0.2, 0) is 4.79 Å². The molecule has 1 atom stereocenters. The third-order valence-corrected chi connectivity index (χ3v) is 5.59. The number of carbonyl (C=O) groups is 1. The second kappa shape index (κ2) is 9.37. The summed E-state index contributed by atoms with van der Waals surface area (Å²) >= 11 is 1.31. The maximum Gasteiger partial charge on any atom is 0.230 e. The van der Waals surface area contributed by atoms with E-state index in [1.807, 2.05) is 55.5 Å². The first-order valence-corrected chi connectivity index (χ1v) is 10.6. The van der Waals surface area contributed by atoms with Crippen LogP contribution in [0.15, 0.2) is 90.1 Å². The van der Waals surface area contributed by atoms with Crippen molar-refractivity contribution in [3.8, 4) is 16.8 Å². The van der Waals surface area contributed by atoms with Crippen molar-refractivity contribution >= 4 is 17.7 Å². The summed E-state index contributed by atoms with van der Waals surface area (Å²) in [7, 11) is 0. The van der Waals surface area contributed by atoms with Crippen molar-refractivity contribution in [1.29, 1.82) is 0 Å². The van der Waals surface area contributed by atoms with Crippen LogP contribution in [0.1, 0.15) is 18.5 Å². The molecule has 3 aromatic carbocycles. The largest absolute Gasteiger partial charge is 0.349 e. The number of nitrogens with one attached hydrogen (secondary N) is 1. The Balaban J connectivity index is 1.34. The summed E-state index contributed by atoms with van der Waals surface area (Å²) in [5, 5.41) is 15.4. The van der Waals surface area contributed by atoms with Gasteiger partial charge in [0.15, 0.2) is 0 Å². The van der Waals surface area contributed by atoms with E-state index in [0.29, 0.717) is 5.16 Å². The number of aromatic nitrogens is 4. The van der Waals surface area contributed by atoms with Gasteiger partial charge in [0, 0.05) is 0 Å². The average molecular weight is 416 g/mol. The zero-order valence-electron chi connectivity index (χ0n) is 16.5. The third-order valence-electron chi connectivity index (χ3n) is 4.67. The van der Waals surface area contributed by atoms with Crippen LogP contribution in [-0.4, -0.2) is 31.9 Å². The molecule has 0 bridgehead atoms. The van der Waals surface area contributed by atoms with E-state index in [4.69, 9.17) is 0 Å². The molecule has 150 valence electrons. The van der Waals surface area contributed by atoms with Crippen LogP contribution in [0.3, 0.4) is 0 Å². The predicted molar refractivity (Wildman–Crippen MR) is 118 cm³/mol. The second-order valence-electron chi connectivity index (χ2n) is 6.77. The maximum atomic E-state index is 12.4. The molecule has 0 fully saturated rings. The van der Waals surface area contributed by atoms with Crippen molar-refractivity contribution < 1.29 is 4.79 Å². The Morgan fingerprint density at radius 2 is 1.57 bits per heavy atom. The van der Waals surface area contributed by atoms with E-state index in [2.05, 4.69) is 57.2 Å². The quantitative estimate of drug-likeness (QED) is 0.456. The topological polar surface area (TPSA) is 72.7 Å². The second-order valence-corrected chi connectivity index (χ2v) is 7.72. The minimum atomic E-state index is -0.0898. The summed E-state index contributed by atoms with van der Waals surface area (Å²) in [4.78, 5) is 12.4. The summed E-state index contributed by atoms with van der Waals surface area (Å²) in [5.74, 6) is 0.168. The molecule has 0 aliphatic heterocycles. The Morgan fingerprint density at radius 3 is 2.27 bits per heavy atom. The molecule has 0 unspecified atom stereocenters. The van der Waals surface area contributed by atoms with Crippen LogP contribution in [0.2, 0.25) is 0 Å². The van der Waals surface area contributed by atoms with E-state index < -0.39 is 0 Å². The van der Waals surface area contributed by atoms with Gasteiger partial charge in [-0.15, -0.1) is 5.10 Å². The van der Waals surface area contributed by atoms with Crippen molar-refractivity contribution in [3.05, 3.63) is 90.5 Å². The monoisotopic (exact) mass is 415 g/mol. The smallest absolute Gasteiger partial charge is 0.230 e. The molecule has 0 saturated heterocycles. The van der Waals surface area contributed by atoms with Gasteiger partial charge < -0.3 is 5.32 Å². The highest BCUT2D eigenvalue weighted by Crippen LogP contribution is 2.22. The molecule has 1 aromatic heterocycles. The molecule has 7 heteroatoms. The van der Waals surface area contributed by atoms with Crippen LogP contribution in [0.5, 0.6) is 0 Å². The highest BCUT2D eigenvalue weighted by atomic mass is 32.2. The Bertz CT molecular complexity index is 1100. The van der Waals surface area contributed by atoms with Crippen LogP contribution < -0.4 is 5.32 Å². The van der Waals surface area contributed by atoms with Crippen LogP contribution in [0.4, 0.5) is 0 Å². The molecule has 1 N–H and O–H groups in total. The van der Waals surface area contributed by atoms with E-state index in [9.17, 15) is 4.79 Å². The average Bonchev–Trinajstić information content (AvgIpc) is 3.28. The Hall–Kier alpha value is -3.45. The van der Waals surface area contributed by atoms with E-state index in [0.717, 1.165) is 16.8 Å². The van der Waals surface area contributed by atoms with Gasteiger partial charge in [0.05, 0.1) is 17.5 Å². The molecule has 1 heterocycles. The summed E-state index contributed by atoms with van der Waals surface area (Å²) in [6.07, 6.45) is 0. The number of tetrazole rings is 1. The summed E-state index contributed by atoms with van der Waals surface area (Å²) < 4.78 is 1.63. The number of hydrogen-bond donors (Lipinski definition) is 1. The fraction of sp³-hybridized carbons (Fsp3) is 0.130. The zero-order chi connectivity index (χ0) is 20.8. The van der Waals surface area contributed by atoms with Gasteiger partial charge >= 0.3 is 0 Å². The number of hydrogen-bond acceptors (Lipinski definition) is 5. The molecule has 1 amide bonds. The molecule has 0 aliphatic rings. The van der Waals surface area contributed by atoms with Gasteiger partial charge in [0.1, 0.15) is 0 Å². The number of carbonyl (C=O) groups excluding carboxylic acids is 1. The van der Waals surface area contributed by atoms with E-state index >= 15 is 0 Å². The molecule has 4 rings (SSSR count). The number of benzene rings is 3. The molecular weight excluding hydrogens is 394 g/mol. The van der Waals surface area contributed by atoms with Gasteiger partial charge in [0.25, 0.3) is 0 Å².